The number of amides is 1. The number of hydrogen-bond acceptors (Lipinski definition) is 3. The molecule has 0 spiro atoms. The molecule has 4 heteroatoms. The van der Waals surface area contributed by atoms with E-state index in [1.54, 1.807) is 0 Å². The van der Waals surface area contributed by atoms with Crippen LogP contribution in [-0.2, 0) is 4.74 Å². The summed E-state index contributed by atoms with van der Waals surface area (Å²) in [6.07, 6.45) is 2.21. The standard InChI is InChI=1S/C10H21NO3/c1-4-10(5-2,6-3)11-9(13)14-8-7-12/h12H,4-8H2,1-3H3,(H,11,13). The SMILES string of the molecule is CCC(CC)(CC)NC(=O)OCCO. The second kappa shape index (κ2) is 6.65. The minimum absolute atomic E-state index is 0.0546. The molecular weight excluding hydrogens is 182 g/mol. The molecule has 0 fully saturated rings. The fraction of sp³-hybridized carbons (Fsp3) is 0.900. The highest BCUT2D eigenvalue weighted by molar-refractivity contribution is 5.68. The van der Waals surface area contributed by atoms with Crippen LogP contribution in [0.15, 0.2) is 0 Å². The Morgan fingerprint density at radius 1 is 1.29 bits per heavy atom. The number of carbonyl (C=O) groups excluding carboxylic acids is 1. The van der Waals surface area contributed by atoms with Crippen molar-refractivity contribution in [1.82, 2.24) is 5.32 Å². The summed E-state index contributed by atoms with van der Waals surface area (Å²) in [4.78, 5) is 11.2. The third-order valence-corrected chi connectivity index (χ3v) is 2.72. The van der Waals surface area contributed by atoms with E-state index in [0.717, 1.165) is 19.3 Å². The van der Waals surface area contributed by atoms with E-state index in [1.165, 1.54) is 0 Å². The normalized spacial score (nSPS) is 11.1. The summed E-state index contributed by atoms with van der Waals surface area (Å²) in [5.41, 5.74) is -0.160. The molecule has 0 saturated carbocycles. The summed E-state index contributed by atoms with van der Waals surface area (Å²) in [6, 6.07) is 0. The largest absolute Gasteiger partial charge is 0.447 e. The van der Waals surface area contributed by atoms with Crippen molar-refractivity contribution < 1.29 is 14.6 Å². The lowest BCUT2D eigenvalue weighted by molar-refractivity contribution is 0.107. The predicted octanol–water partition coefficient (Wildman–Crippen LogP) is 1.67. The van der Waals surface area contributed by atoms with E-state index in [-0.39, 0.29) is 18.8 Å². The highest BCUT2D eigenvalue weighted by atomic mass is 16.6. The van der Waals surface area contributed by atoms with Gasteiger partial charge in [-0.3, -0.25) is 0 Å². The molecule has 0 heterocycles. The summed E-state index contributed by atoms with van der Waals surface area (Å²) < 4.78 is 4.75. The molecule has 2 N–H and O–H groups in total. The van der Waals surface area contributed by atoms with Crippen LogP contribution < -0.4 is 5.32 Å². The van der Waals surface area contributed by atoms with Gasteiger partial charge in [-0.2, -0.15) is 0 Å². The van der Waals surface area contributed by atoms with Gasteiger partial charge < -0.3 is 15.2 Å². The van der Waals surface area contributed by atoms with E-state index < -0.39 is 6.09 Å². The molecule has 84 valence electrons. The summed E-state index contributed by atoms with van der Waals surface area (Å²) >= 11 is 0. The summed E-state index contributed by atoms with van der Waals surface area (Å²) in [5, 5.41) is 11.3. The maximum absolute atomic E-state index is 11.2. The number of hydrogen-bond donors (Lipinski definition) is 2. The molecule has 0 aromatic heterocycles. The third-order valence-electron chi connectivity index (χ3n) is 2.72. The van der Waals surface area contributed by atoms with Crippen molar-refractivity contribution in [2.24, 2.45) is 0 Å². The number of alkyl carbamates (subject to hydrolysis) is 1. The van der Waals surface area contributed by atoms with Gasteiger partial charge in [-0.15, -0.1) is 0 Å². The van der Waals surface area contributed by atoms with Crippen molar-refractivity contribution in [3.8, 4) is 0 Å². The molecule has 0 radical (unpaired) electrons. The van der Waals surface area contributed by atoms with Gasteiger partial charge in [-0.05, 0) is 19.3 Å². The smallest absolute Gasteiger partial charge is 0.407 e. The first-order valence-corrected chi connectivity index (χ1v) is 5.20. The van der Waals surface area contributed by atoms with Gasteiger partial charge >= 0.3 is 6.09 Å². The van der Waals surface area contributed by atoms with Crippen molar-refractivity contribution in [3.05, 3.63) is 0 Å². The van der Waals surface area contributed by atoms with Crippen LogP contribution in [0.5, 0.6) is 0 Å². The van der Waals surface area contributed by atoms with E-state index in [9.17, 15) is 4.79 Å². The van der Waals surface area contributed by atoms with Crippen LogP contribution in [-0.4, -0.2) is 30.0 Å². The van der Waals surface area contributed by atoms with E-state index in [2.05, 4.69) is 5.32 Å². The van der Waals surface area contributed by atoms with Crippen LogP contribution in [0.3, 0.4) is 0 Å². The zero-order valence-corrected chi connectivity index (χ0v) is 9.30. The number of aliphatic hydroxyl groups is 1. The second-order valence-electron chi connectivity index (χ2n) is 3.33. The molecule has 0 rings (SSSR count). The second-order valence-corrected chi connectivity index (χ2v) is 3.33. The lowest BCUT2D eigenvalue weighted by Gasteiger charge is -2.31. The van der Waals surface area contributed by atoms with Crippen LogP contribution >= 0.6 is 0 Å². The predicted molar refractivity (Wildman–Crippen MR) is 55.2 cm³/mol. The lowest BCUT2D eigenvalue weighted by atomic mass is 9.90. The van der Waals surface area contributed by atoms with Crippen LogP contribution in [0.25, 0.3) is 0 Å². The Labute approximate surface area is 85.6 Å². The quantitative estimate of drug-likeness (QED) is 0.690. The summed E-state index contributed by atoms with van der Waals surface area (Å²) in [7, 11) is 0. The highest BCUT2D eigenvalue weighted by Crippen LogP contribution is 2.19. The Morgan fingerprint density at radius 3 is 2.14 bits per heavy atom. The van der Waals surface area contributed by atoms with Gasteiger partial charge in [0.15, 0.2) is 0 Å². The number of aliphatic hydroxyl groups excluding tert-OH is 1. The van der Waals surface area contributed by atoms with Gasteiger partial charge in [-0.25, -0.2) is 4.79 Å². The Kier molecular flexibility index (Phi) is 6.28. The fourth-order valence-electron chi connectivity index (χ4n) is 1.41. The van der Waals surface area contributed by atoms with Crippen molar-refractivity contribution in [2.75, 3.05) is 13.2 Å². The molecule has 0 atom stereocenters. The highest BCUT2D eigenvalue weighted by Gasteiger charge is 2.26. The Bertz CT molecular complexity index is 158. The number of carbonyl (C=O) groups is 1. The van der Waals surface area contributed by atoms with Gasteiger partial charge in [0.1, 0.15) is 6.61 Å². The summed E-state index contributed by atoms with van der Waals surface area (Å²) in [6.45, 7) is 6.04. The number of ether oxygens (including phenoxy) is 1. The van der Waals surface area contributed by atoms with E-state index in [4.69, 9.17) is 9.84 Å². The Morgan fingerprint density at radius 2 is 1.79 bits per heavy atom. The zero-order chi connectivity index (χ0) is 11.0. The molecule has 0 saturated heterocycles. The molecule has 14 heavy (non-hydrogen) atoms. The number of rotatable bonds is 6. The molecule has 0 aliphatic carbocycles. The van der Waals surface area contributed by atoms with Crippen LogP contribution in [0, 0.1) is 0 Å². The van der Waals surface area contributed by atoms with Crippen molar-refractivity contribution in [2.45, 2.75) is 45.6 Å². The van der Waals surface area contributed by atoms with Crippen molar-refractivity contribution >= 4 is 6.09 Å². The molecule has 1 amide bonds. The molecule has 0 aliphatic rings. The first-order valence-electron chi connectivity index (χ1n) is 5.20. The average molecular weight is 203 g/mol. The van der Waals surface area contributed by atoms with Crippen LogP contribution in [0.1, 0.15) is 40.0 Å². The first-order chi connectivity index (χ1) is 6.64. The number of nitrogens with one attached hydrogen (secondary N) is 1. The van der Waals surface area contributed by atoms with Crippen LogP contribution in [0.4, 0.5) is 4.79 Å². The Hall–Kier alpha value is -0.770. The molecule has 0 aromatic carbocycles. The first kappa shape index (κ1) is 13.2. The molecule has 0 unspecified atom stereocenters. The topological polar surface area (TPSA) is 58.6 Å². The van der Waals surface area contributed by atoms with E-state index >= 15 is 0 Å². The Balaban J connectivity index is 4.08. The monoisotopic (exact) mass is 203 g/mol. The van der Waals surface area contributed by atoms with Crippen molar-refractivity contribution in [1.29, 1.82) is 0 Å². The van der Waals surface area contributed by atoms with Gasteiger partial charge in [0, 0.05) is 5.54 Å². The van der Waals surface area contributed by atoms with Gasteiger partial charge in [0.2, 0.25) is 0 Å². The molecule has 4 nitrogen and oxygen atoms in total. The van der Waals surface area contributed by atoms with E-state index in [1.807, 2.05) is 20.8 Å². The molecule has 0 aliphatic heterocycles. The van der Waals surface area contributed by atoms with Crippen molar-refractivity contribution in [3.63, 3.8) is 0 Å². The maximum Gasteiger partial charge on any atom is 0.407 e. The van der Waals surface area contributed by atoms with Gasteiger partial charge in [0.25, 0.3) is 0 Å². The van der Waals surface area contributed by atoms with Crippen LogP contribution in [0.2, 0.25) is 0 Å². The minimum Gasteiger partial charge on any atom is -0.447 e. The van der Waals surface area contributed by atoms with Gasteiger partial charge in [0.05, 0.1) is 6.61 Å². The zero-order valence-electron chi connectivity index (χ0n) is 9.30. The molecule has 0 aromatic rings. The maximum atomic E-state index is 11.2. The molecule has 0 bridgehead atoms. The lowest BCUT2D eigenvalue weighted by Crippen LogP contribution is -2.47. The summed E-state index contributed by atoms with van der Waals surface area (Å²) in [5.74, 6) is 0. The minimum atomic E-state index is -0.440. The third kappa shape index (κ3) is 3.96. The van der Waals surface area contributed by atoms with Gasteiger partial charge in [-0.1, -0.05) is 20.8 Å². The fourth-order valence-corrected chi connectivity index (χ4v) is 1.41. The van der Waals surface area contributed by atoms with E-state index in [0.29, 0.717) is 0 Å². The average Bonchev–Trinajstić information content (AvgIpc) is 2.23. The molecular formula is C10H21NO3.